The zero-order valence-corrected chi connectivity index (χ0v) is 13.2. The molecule has 0 fully saturated rings. The lowest BCUT2D eigenvalue weighted by Gasteiger charge is -2.10. The molecule has 1 aromatic heterocycles. The Kier molecular flexibility index (Phi) is 4.35. The molecule has 0 unspecified atom stereocenters. The van der Waals surface area contributed by atoms with Gasteiger partial charge in [-0.1, -0.05) is 11.6 Å². The molecule has 0 aliphatic rings. The monoisotopic (exact) mass is 340 g/mol. The van der Waals surface area contributed by atoms with E-state index in [0.717, 1.165) is 5.69 Å². The predicted molar refractivity (Wildman–Crippen MR) is 92.1 cm³/mol. The van der Waals surface area contributed by atoms with Gasteiger partial charge in [0, 0.05) is 28.7 Å². The van der Waals surface area contributed by atoms with Gasteiger partial charge in [0.2, 0.25) is 0 Å². The topological polar surface area (TPSA) is 71.3 Å². The standard InChI is InChI=1S/C18H13ClN2O3/c19-13-5-8-16(15(11-13)18(23)24)20-17(22)12-3-6-14(7-4-12)21-9-1-2-10-21/h1-11H,(H,20,22)(H,23,24). The predicted octanol–water partition coefficient (Wildman–Crippen LogP) is 4.08. The molecule has 6 heteroatoms. The summed E-state index contributed by atoms with van der Waals surface area (Å²) < 4.78 is 1.92. The van der Waals surface area contributed by atoms with Crippen molar-refractivity contribution in [1.29, 1.82) is 0 Å². The van der Waals surface area contributed by atoms with E-state index in [1.807, 2.05) is 41.2 Å². The maximum absolute atomic E-state index is 12.3. The van der Waals surface area contributed by atoms with E-state index < -0.39 is 5.97 Å². The van der Waals surface area contributed by atoms with Gasteiger partial charge in [0.25, 0.3) is 5.91 Å². The van der Waals surface area contributed by atoms with Crippen LogP contribution in [0.15, 0.2) is 67.0 Å². The number of benzene rings is 2. The van der Waals surface area contributed by atoms with Gasteiger partial charge in [0.1, 0.15) is 0 Å². The lowest BCUT2D eigenvalue weighted by Crippen LogP contribution is -2.14. The number of nitrogens with one attached hydrogen (secondary N) is 1. The molecule has 0 aliphatic heterocycles. The molecular weight excluding hydrogens is 328 g/mol. The van der Waals surface area contributed by atoms with Crippen molar-refractivity contribution < 1.29 is 14.7 Å². The Bertz CT molecular complexity index is 887. The highest BCUT2D eigenvalue weighted by molar-refractivity contribution is 6.31. The summed E-state index contributed by atoms with van der Waals surface area (Å²) in [5.74, 6) is -1.55. The van der Waals surface area contributed by atoms with Crippen molar-refractivity contribution in [3.05, 3.63) is 83.1 Å². The number of halogens is 1. The van der Waals surface area contributed by atoms with E-state index in [1.54, 1.807) is 12.1 Å². The number of amides is 1. The third kappa shape index (κ3) is 3.31. The summed E-state index contributed by atoms with van der Waals surface area (Å²) in [6.45, 7) is 0. The number of hydrogen-bond donors (Lipinski definition) is 2. The summed E-state index contributed by atoms with van der Waals surface area (Å²) in [6, 6.07) is 15.1. The number of carboxylic acid groups (broad SMARTS) is 1. The molecule has 24 heavy (non-hydrogen) atoms. The molecule has 0 aliphatic carbocycles. The Morgan fingerprint density at radius 1 is 1.00 bits per heavy atom. The molecule has 0 radical (unpaired) electrons. The molecule has 2 aromatic carbocycles. The van der Waals surface area contributed by atoms with Gasteiger partial charge in [-0.15, -0.1) is 0 Å². The summed E-state index contributed by atoms with van der Waals surface area (Å²) in [6.07, 6.45) is 3.81. The first-order valence-corrected chi connectivity index (χ1v) is 7.50. The second kappa shape index (κ2) is 6.60. The summed E-state index contributed by atoms with van der Waals surface area (Å²) >= 11 is 5.80. The first-order chi connectivity index (χ1) is 11.5. The van der Waals surface area contributed by atoms with Crippen LogP contribution in [0.25, 0.3) is 5.69 Å². The Morgan fingerprint density at radius 2 is 1.67 bits per heavy atom. The zero-order chi connectivity index (χ0) is 17.1. The van der Waals surface area contributed by atoms with Gasteiger partial charge in [-0.25, -0.2) is 4.79 Å². The molecule has 1 heterocycles. The Morgan fingerprint density at radius 3 is 2.29 bits per heavy atom. The van der Waals surface area contributed by atoms with Crippen molar-refractivity contribution in [2.45, 2.75) is 0 Å². The molecule has 1 amide bonds. The first-order valence-electron chi connectivity index (χ1n) is 7.12. The van der Waals surface area contributed by atoms with Crippen LogP contribution in [0.5, 0.6) is 0 Å². The van der Waals surface area contributed by atoms with Crippen LogP contribution in [0, 0.1) is 0 Å². The van der Waals surface area contributed by atoms with E-state index in [0.29, 0.717) is 10.6 Å². The molecule has 0 spiro atoms. The molecule has 0 atom stereocenters. The maximum Gasteiger partial charge on any atom is 0.337 e. The molecular formula is C18H13ClN2O3. The summed E-state index contributed by atoms with van der Waals surface area (Å²) in [5, 5.41) is 12.1. The van der Waals surface area contributed by atoms with Gasteiger partial charge >= 0.3 is 5.97 Å². The lowest BCUT2D eigenvalue weighted by atomic mass is 10.1. The molecule has 3 aromatic rings. The van der Waals surface area contributed by atoms with Crippen LogP contribution in [-0.4, -0.2) is 21.6 Å². The van der Waals surface area contributed by atoms with Gasteiger partial charge in [-0.3, -0.25) is 4.79 Å². The highest BCUT2D eigenvalue weighted by atomic mass is 35.5. The van der Waals surface area contributed by atoms with Gasteiger partial charge in [0.05, 0.1) is 11.3 Å². The van der Waals surface area contributed by atoms with E-state index >= 15 is 0 Å². The number of aromatic nitrogens is 1. The second-order valence-corrected chi connectivity index (χ2v) is 5.52. The number of carboxylic acids is 1. The summed E-state index contributed by atoms with van der Waals surface area (Å²) in [5.41, 5.74) is 1.50. The fraction of sp³-hybridized carbons (Fsp3) is 0. The van der Waals surface area contributed by atoms with Crippen LogP contribution in [0.4, 0.5) is 5.69 Å². The minimum atomic E-state index is -1.16. The Hall–Kier alpha value is -3.05. The largest absolute Gasteiger partial charge is 0.478 e. The van der Waals surface area contributed by atoms with Crippen LogP contribution in [0.2, 0.25) is 5.02 Å². The van der Waals surface area contributed by atoms with Gasteiger partial charge < -0.3 is 15.0 Å². The van der Waals surface area contributed by atoms with Crippen molar-refractivity contribution in [1.82, 2.24) is 4.57 Å². The Balaban J connectivity index is 1.82. The molecule has 5 nitrogen and oxygen atoms in total. The number of carbonyl (C=O) groups excluding carboxylic acids is 1. The number of nitrogens with zero attached hydrogens (tertiary/aromatic N) is 1. The number of carbonyl (C=O) groups is 2. The van der Waals surface area contributed by atoms with Crippen LogP contribution in [0.1, 0.15) is 20.7 Å². The molecule has 0 saturated heterocycles. The maximum atomic E-state index is 12.3. The average molecular weight is 341 g/mol. The summed E-state index contributed by atoms with van der Waals surface area (Å²) in [4.78, 5) is 23.6. The van der Waals surface area contributed by atoms with Crippen molar-refractivity contribution >= 4 is 29.2 Å². The normalized spacial score (nSPS) is 10.4. The number of rotatable bonds is 4. The molecule has 2 N–H and O–H groups in total. The van der Waals surface area contributed by atoms with Gasteiger partial charge in [-0.2, -0.15) is 0 Å². The number of hydrogen-bond acceptors (Lipinski definition) is 2. The highest BCUT2D eigenvalue weighted by Crippen LogP contribution is 2.21. The quantitative estimate of drug-likeness (QED) is 0.751. The minimum Gasteiger partial charge on any atom is -0.478 e. The molecule has 120 valence electrons. The first kappa shape index (κ1) is 15.8. The third-order valence-electron chi connectivity index (χ3n) is 3.49. The molecule has 0 saturated carbocycles. The summed E-state index contributed by atoms with van der Waals surface area (Å²) in [7, 11) is 0. The SMILES string of the molecule is O=C(Nc1ccc(Cl)cc1C(=O)O)c1ccc(-n2cccc2)cc1. The smallest absolute Gasteiger partial charge is 0.337 e. The molecule has 3 rings (SSSR count). The number of aromatic carboxylic acids is 1. The van der Waals surface area contributed by atoms with Crippen molar-refractivity contribution in [3.63, 3.8) is 0 Å². The second-order valence-electron chi connectivity index (χ2n) is 5.09. The average Bonchev–Trinajstić information content (AvgIpc) is 3.11. The minimum absolute atomic E-state index is 0.0557. The van der Waals surface area contributed by atoms with E-state index in [-0.39, 0.29) is 17.2 Å². The van der Waals surface area contributed by atoms with Crippen LogP contribution in [-0.2, 0) is 0 Å². The fourth-order valence-corrected chi connectivity index (χ4v) is 2.46. The van der Waals surface area contributed by atoms with E-state index in [2.05, 4.69) is 5.32 Å². The molecule has 0 bridgehead atoms. The van der Waals surface area contributed by atoms with Crippen molar-refractivity contribution in [3.8, 4) is 5.69 Å². The highest BCUT2D eigenvalue weighted by Gasteiger charge is 2.14. The number of anilines is 1. The van der Waals surface area contributed by atoms with Crippen molar-refractivity contribution in [2.24, 2.45) is 0 Å². The van der Waals surface area contributed by atoms with Crippen LogP contribution < -0.4 is 5.32 Å². The van der Waals surface area contributed by atoms with E-state index in [9.17, 15) is 14.7 Å². The van der Waals surface area contributed by atoms with Gasteiger partial charge in [-0.05, 0) is 54.6 Å². The van der Waals surface area contributed by atoms with E-state index in [4.69, 9.17) is 11.6 Å². The Labute approximate surface area is 143 Å². The third-order valence-corrected chi connectivity index (χ3v) is 3.73. The van der Waals surface area contributed by atoms with Crippen LogP contribution in [0.3, 0.4) is 0 Å². The van der Waals surface area contributed by atoms with Crippen molar-refractivity contribution in [2.75, 3.05) is 5.32 Å². The van der Waals surface area contributed by atoms with Crippen LogP contribution >= 0.6 is 11.6 Å². The zero-order valence-electron chi connectivity index (χ0n) is 12.4. The fourth-order valence-electron chi connectivity index (χ4n) is 2.29. The van der Waals surface area contributed by atoms with E-state index in [1.165, 1.54) is 18.2 Å². The lowest BCUT2D eigenvalue weighted by molar-refractivity contribution is 0.0698. The van der Waals surface area contributed by atoms with Gasteiger partial charge in [0.15, 0.2) is 0 Å².